The van der Waals surface area contributed by atoms with Crippen LogP contribution in [-0.4, -0.2) is 55.9 Å². The lowest BCUT2D eigenvalue weighted by Gasteiger charge is -2.33. The number of allylic oxidation sites excluding steroid dienone is 4. The number of carbonyl (C=O) groups excluding carboxylic acids is 2. The van der Waals surface area contributed by atoms with Gasteiger partial charge in [-0.3, -0.25) is 4.79 Å². The van der Waals surface area contributed by atoms with Gasteiger partial charge in [0.2, 0.25) is 0 Å². The topological polar surface area (TPSA) is 80.3 Å². The summed E-state index contributed by atoms with van der Waals surface area (Å²) in [4.78, 5) is 23.5. The molecule has 4 aliphatic rings. The predicted octanol–water partition coefficient (Wildman–Crippen LogP) is 5.70. The minimum absolute atomic E-state index is 0.124. The van der Waals surface area contributed by atoms with Gasteiger partial charge < -0.3 is 23.7 Å². The highest BCUT2D eigenvalue weighted by Crippen LogP contribution is 2.48. The summed E-state index contributed by atoms with van der Waals surface area (Å²) in [6, 6.07) is 0. The molecule has 7 heteroatoms. The van der Waals surface area contributed by atoms with Crippen molar-refractivity contribution in [2.45, 2.75) is 96.9 Å². The van der Waals surface area contributed by atoms with Crippen molar-refractivity contribution in [1.29, 1.82) is 0 Å². The van der Waals surface area contributed by atoms with E-state index < -0.39 is 24.5 Å². The van der Waals surface area contributed by atoms with Gasteiger partial charge in [-0.15, -0.1) is 0 Å². The van der Waals surface area contributed by atoms with Crippen LogP contribution in [0.2, 0.25) is 0 Å². The Morgan fingerprint density at radius 1 is 1.19 bits per heavy atom. The van der Waals surface area contributed by atoms with E-state index in [0.29, 0.717) is 30.1 Å². The molecule has 0 aromatic heterocycles. The van der Waals surface area contributed by atoms with Crippen LogP contribution in [-0.2, 0) is 28.5 Å². The Labute approximate surface area is 220 Å². The minimum Gasteiger partial charge on any atom is -0.469 e. The first-order valence-electron chi connectivity index (χ1n) is 13.7. The van der Waals surface area contributed by atoms with Crippen LogP contribution in [0.1, 0.15) is 60.3 Å². The molecular weight excluding hydrogens is 472 g/mol. The molecule has 0 aromatic rings. The summed E-state index contributed by atoms with van der Waals surface area (Å²) in [6.45, 7) is 11.0. The summed E-state index contributed by atoms with van der Waals surface area (Å²) >= 11 is 0. The Kier molecular flexibility index (Phi) is 8.96. The lowest BCUT2D eigenvalue weighted by molar-refractivity contribution is -0.151. The van der Waals surface area contributed by atoms with Crippen LogP contribution in [0.5, 0.6) is 0 Å². The van der Waals surface area contributed by atoms with E-state index in [0.717, 1.165) is 12.8 Å². The van der Waals surface area contributed by atoms with Crippen LogP contribution in [0.15, 0.2) is 47.6 Å². The first kappa shape index (κ1) is 27.6. The highest BCUT2D eigenvalue weighted by molar-refractivity contribution is 5.70. The molecule has 0 amide bonds. The van der Waals surface area contributed by atoms with Crippen LogP contribution in [0.4, 0.5) is 4.79 Å². The van der Waals surface area contributed by atoms with Gasteiger partial charge in [0.15, 0.2) is 6.10 Å². The first-order valence-corrected chi connectivity index (χ1v) is 13.7. The highest BCUT2D eigenvalue weighted by Gasteiger charge is 2.49. The van der Waals surface area contributed by atoms with E-state index >= 15 is 0 Å². The number of rotatable bonds is 9. The molecule has 3 fully saturated rings. The third-order valence-electron chi connectivity index (χ3n) is 8.21. The molecule has 0 aromatic carbocycles. The standard InChI is InChI=1S/C30H42O7/c1-7-24-18(3)9-12-25(35-24)19(4)14-17(2)8-10-22-20(5)23(22)11-13-26-29-27(36-30(32)37-29)15-21(34-26)16-28(31)33-6/h8-11,13-14,17,20-27,29H,7,12,15-16H2,1-6H3/b10-8+,13-11+,19-14+/t17-,20-,21+,22+,23+,24-,25-,26+,27+,29+/m1/s1. The Morgan fingerprint density at radius 2 is 1.95 bits per heavy atom. The Morgan fingerprint density at radius 3 is 2.68 bits per heavy atom. The van der Waals surface area contributed by atoms with E-state index in [-0.39, 0.29) is 30.7 Å². The average molecular weight is 515 g/mol. The van der Waals surface area contributed by atoms with Crippen molar-refractivity contribution in [2.24, 2.45) is 23.7 Å². The van der Waals surface area contributed by atoms with Crippen LogP contribution in [0, 0.1) is 23.7 Å². The third-order valence-corrected chi connectivity index (χ3v) is 8.21. The lowest BCUT2D eigenvalue weighted by atomic mass is 9.95. The number of ether oxygens (including phenoxy) is 5. The van der Waals surface area contributed by atoms with Crippen LogP contribution >= 0.6 is 0 Å². The van der Waals surface area contributed by atoms with Crippen molar-refractivity contribution in [1.82, 2.24) is 0 Å². The molecule has 0 N–H and O–H groups in total. The van der Waals surface area contributed by atoms with Crippen LogP contribution in [0.25, 0.3) is 0 Å². The summed E-state index contributed by atoms with van der Waals surface area (Å²) in [7, 11) is 1.36. The number of methoxy groups -OCH3 is 1. The molecule has 10 atom stereocenters. The number of hydrogen-bond acceptors (Lipinski definition) is 7. The maximum absolute atomic E-state index is 11.7. The molecule has 2 saturated heterocycles. The summed E-state index contributed by atoms with van der Waals surface area (Å²) in [5.74, 6) is 1.36. The molecule has 4 rings (SSSR count). The summed E-state index contributed by atoms with van der Waals surface area (Å²) in [5, 5.41) is 0. The van der Waals surface area contributed by atoms with Gasteiger partial charge in [0.25, 0.3) is 0 Å². The molecule has 3 aliphatic heterocycles. The fourth-order valence-electron chi connectivity index (χ4n) is 5.78. The maximum atomic E-state index is 11.7. The fourth-order valence-corrected chi connectivity index (χ4v) is 5.78. The molecule has 0 spiro atoms. The molecular formula is C30H42O7. The molecule has 0 bridgehead atoms. The molecule has 7 nitrogen and oxygen atoms in total. The van der Waals surface area contributed by atoms with Gasteiger partial charge in [-0.2, -0.15) is 0 Å². The third kappa shape index (κ3) is 6.74. The van der Waals surface area contributed by atoms with Gasteiger partial charge in [-0.05, 0) is 61.5 Å². The van der Waals surface area contributed by atoms with Crippen molar-refractivity contribution in [3.63, 3.8) is 0 Å². The van der Waals surface area contributed by atoms with Crippen molar-refractivity contribution >= 4 is 12.1 Å². The fraction of sp³-hybridized carbons (Fsp3) is 0.667. The van der Waals surface area contributed by atoms with Gasteiger partial charge in [-0.1, -0.05) is 57.2 Å². The molecule has 0 unspecified atom stereocenters. The molecule has 0 radical (unpaired) electrons. The number of fused-ring (bicyclic) bond motifs is 1. The Balaban J connectivity index is 1.32. The summed E-state index contributed by atoms with van der Waals surface area (Å²) < 4.78 is 27.8. The second-order valence-electron chi connectivity index (χ2n) is 11.0. The largest absolute Gasteiger partial charge is 0.509 e. The quantitative estimate of drug-likeness (QED) is 0.288. The first-order chi connectivity index (χ1) is 17.7. The van der Waals surface area contributed by atoms with Gasteiger partial charge in [0, 0.05) is 6.42 Å². The summed E-state index contributed by atoms with van der Waals surface area (Å²) in [6.07, 6.45) is 13.9. The van der Waals surface area contributed by atoms with Crippen molar-refractivity contribution in [2.75, 3.05) is 7.11 Å². The zero-order valence-corrected chi connectivity index (χ0v) is 22.9. The molecule has 1 saturated carbocycles. The van der Waals surface area contributed by atoms with Crippen molar-refractivity contribution < 1.29 is 33.3 Å². The number of hydrogen-bond donors (Lipinski definition) is 0. The Bertz CT molecular complexity index is 963. The minimum atomic E-state index is -0.677. The van der Waals surface area contributed by atoms with E-state index in [2.05, 4.69) is 65.0 Å². The average Bonchev–Trinajstić information content (AvgIpc) is 3.31. The lowest BCUT2D eigenvalue weighted by Crippen LogP contribution is -2.46. The zero-order valence-electron chi connectivity index (χ0n) is 22.9. The zero-order chi connectivity index (χ0) is 26.7. The van der Waals surface area contributed by atoms with Crippen molar-refractivity contribution in [3.05, 3.63) is 47.6 Å². The van der Waals surface area contributed by atoms with Gasteiger partial charge >= 0.3 is 12.1 Å². The highest BCUT2D eigenvalue weighted by atomic mass is 16.8. The Hall–Kier alpha value is -2.38. The number of esters is 1. The second-order valence-corrected chi connectivity index (χ2v) is 11.0. The van der Waals surface area contributed by atoms with E-state index in [1.165, 1.54) is 18.3 Å². The van der Waals surface area contributed by atoms with E-state index in [4.69, 9.17) is 23.7 Å². The molecule has 204 valence electrons. The maximum Gasteiger partial charge on any atom is 0.509 e. The van der Waals surface area contributed by atoms with E-state index in [9.17, 15) is 9.59 Å². The molecule has 3 heterocycles. The molecule has 37 heavy (non-hydrogen) atoms. The van der Waals surface area contributed by atoms with Crippen LogP contribution < -0.4 is 0 Å². The predicted molar refractivity (Wildman–Crippen MR) is 140 cm³/mol. The van der Waals surface area contributed by atoms with E-state index in [1.807, 2.05) is 6.08 Å². The van der Waals surface area contributed by atoms with Gasteiger partial charge in [-0.25, -0.2) is 4.79 Å². The normalized spacial score (nSPS) is 38.6. The number of carbonyl (C=O) groups is 2. The smallest absolute Gasteiger partial charge is 0.469 e. The monoisotopic (exact) mass is 514 g/mol. The SMILES string of the molecule is CC[C@H]1O[C@@H](/C(C)=C/[C@H](C)/C=C/[C@H]2[C@@H](C)[C@@H]2/C=C/[C@@H]2O[C@H](CC(=O)OC)C[C@@H]3OC(=O)O[C@@H]23)CC=C1C. The van der Waals surface area contributed by atoms with Gasteiger partial charge in [0.1, 0.15) is 12.2 Å². The van der Waals surface area contributed by atoms with Crippen LogP contribution in [0.3, 0.4) is 0 Å². The summed E-state index contributed by atoms with van der Waals surface area (Å²) in [5.41, 5.74) is 2.63. The van der Waals surface area contributed by atoms with E-state index in [1.54, 1.807) is 0 Å². The van der Waals surface area contributed by atoms with Gasteiger partial charge in [0.05, 0.1) is 31.8 Å². The molecule has 1 aliphatic carbocycles. The van der Waals surface area contributed by atoms with Crippen molar-refractivity contribution in [3.8, 4) is 0 Å². The second kappa shape index (κ2) is 12.0.